The van der Waals surface area contributed by atoms with Crippen LogP contribution in [-0.4, -0.2) is 12.1 Å². The maximum Gasteiger partial charge on any atom is 0.235 e. The molecule has 2 rings (SSSR count). The highest BCUT2D eigenvalue weighted by molar-refractivity contribution is 5.35. The third-order valence-electron chi connectivity index (χ3n) is 3.02. The van der Waals surface area contributed by atoms with Gasteiger partial charge in [0.1, 0.15) is 0 Å². The minimum absolute atomic E-state index is 0.0971. The van der Waals surface area contributed by atoms with Gasteiger partial charge in [0.05, 0.1) is 6.04 Å². The van der Waals surface area contributed by atoms with Crippen LogP contribution in [0.1, 0.15) is 18.1 Å². The zero-order valence-electron chi connectivity index (χ0n) is 8.23. The highest BCUT2D eigenvalue weighted by atomic mass is 16.1. The summed E-state index contributed by atoms with van der Waals surface area (Å²) in [6, 6.07) is 8.54. The molecular weight excluding hydrogens is 174 g/mol. The molecule has 0 fully saturated rings. The van der Waals surface area contributed by atoms with E-state index >= 15 is 0 Å². The molecule has 2 nitrogen and oxygen atoms in total. The molecule has 72 valence electrons. The minimum Gasteiger partial charge on any atom is -0.211 e. The molecule has 14 heavy (non-hydrogen) atoms. The van der Waals surface area contributed by atoms with Crippen molar-refractivity contribution < 1.29 is 4.79 Å². The molecule has 0 amide bonds. The van der Waals surface area contributed by atoms with Crippen molar-refractivity contribution >= 4 is 6.08 Å². The molecular formula is C12H13NO. The lowest BCUT2D eigenvalue weighted by Gasteiger charge is -2.11. The number of nitrogens with zero attached hydrogens (tertiary/aromatic N) is 1. The standard InChI is InChI=1S/C12H13NO/c1-9(13-8-14)12-6-10-4-2-3-5-11(10)7-12/h2-5,9,12H,6-7H2,1H3. The molecule has 0 saturated carbocycles. The van der Waals surface area contributed by atoms with E-state index in [0.717, 1.165) is 12.8 Å². The number of carbonyl (C=O) groups excluding carboxylic acids is 1. The van der Waals surface area contributed by atoms with Crippen LogP contribution in [-0.2, 0) is 17.6 Å². The molecule has 2 heteroatoms. The van der Waals surface area contributed by atoms with E-state index in [1.807, 2.05) is 6.92 Å². The fraction of sp³-hybridized carbons (Fsp3) is 0.417. The first kappa shape index (κ1) is 9.17. The molecule has 1 aliphatic rings. The van der Waals surface area contributed by atoms with Crippen LogP contribution in [0.5, 0.6) is 0 Å². The van der Waals surface area contributed by atoms with E-state index in [0.29, 0.717) is 5.92 Å². The van der Waals surface area contributed by atoms with Crippen molar-refractivity contribution in [3.05, 3.63) is 35.4 Å². The Bertz CT molecular complexity index is 355. The summed E-state index contributed by atoms with van der Waals surface area (Å²) in [7, 11) is 0. The van der Waals surface area contributed by atoms with Gasteiger partial charge in [-0.3, -0.25) is 0 Å². The summed E-state index contributed by atoms with van der Waals surface area (Å²) in [6.07, 6.45) is 3.73. The van der Waals surface area contributed by atoms with Gasteiger partial charge in [-0.15, -0.1) is 0 Å². The van der Waals surface area contributed by atoms with Crippen LogP contribution in [0, 0.1) is 5.92 Å². The van der Waals surface area contributed by atoms with E-state index < -0.39 is 0 Å². The van der Waals surface area contributed by atoms with E-state index in [-0.39, 0.29) is 6.04 Å². The van der Waals surface area contributed by atoms with Crippen molar-refractivity contribution in [3.63, 3.8) is 0 Å². The molecule has 0 aromatic heterocycles. The summed E-state index contributed by atoms with van der Waals surface area (Å²) in [6.45, 7) is 1.99. The summed E-state index contributed by atoms with van der Waals surface area (Å²) in [4.78, 5) is 13.9. The van der Waals surface area contributed by atoms with Crippen LogP contribution < -0.4 is 0 Å². The molecule has 0 radical (unpaired) electrons. The molecule has 0 spiro atoms. The van der Waals surface area contributed by atoms with Crippen molar-refractivity contribution in [2.75, 3.05) is 0 Å². The van der Waals surface area contributed by atoms with Crippen LogP contribution in [0.4, 0.5) is 0 Å². The normalized spacial score (nSPS) is 17.2. The Morgan fingerprint density at radius 3 is 2.43 bits per heavy atom. The molecule has 0 saturated heterocycles. The topological polar surface area (TPSA) is 29.4 Å². The summed E-state index contributed by atoms with van der Waals surface area (Å²) in [5.74, 6) is 0.480. The smallest absolute Gasteiger partial charge is 0.211 e. The van der Waals surface area contributed by atoms with E-state index in [1.165, 1.54) is 11.1 Å². The molecule has 1 aromatic rings. The second kappa shape index (κ2) is 3.77. The lowest BCUT2D eigenvalue weighted by atomic mass is 9.99. The Morgan fingerprint density at radius 2 is 1.93 bits per heavy atom. The second-order valence-corrected chi connectivity index (χ2v) is 3.90. The van der Waals surface area contributed by atoms with Gasteiger partial charge in [0.15, 0.2) is 0 Å². The Balaban J connectivity index is 2.15. The van der Waals surface area contributed by atoms with E-state index in [4.69, 9.17) is 0 Å². The van der Waals surface area contributed by atoms with Crippen LogP contribution in [0.25, 0.3) is 0 Å². The summed E-state index contributed by atoms with van der Waals surface area (Å²) in [5.41, 5.74) is 2.82. The molecule has 1 atom stereocenters. The van der Waals surface area contributed by atoms with Crippen molar-refractivity contribution in [3.8, 4) is 0 Å². The number of isocyanates is 1. The average Bonchev–Trinajstić information content (AvgIpc) is 2.61. The van der Waals surface area contributed by atoms with Gasteiger partial charge in [-0.2, -0.15) is 0 Å². The fourth-order valence-electron chi connectivity index (χ4n) is 2.12. The molecule has 0 bridgehead atoms. The van der Waals surface area contributed by atoms with Crippen LogP contribution >= 0.6 is 0 Å². The number of benzene rings is 1. The van der Waals surface area contributed by atoms with Gasteiger partial charge < -0.3 is 0 Å². The first-order valence-corrected chi connectivity index (χ1v) is 4.95. The molecule has 1 unspecified atom stereocenters. The largest absolute Gasteiger partial charge is 0.235 e. The first-order chi connectivity index (χ1) is 6.81. The van der Waals surface area contributed by atoms with Crippen molar-refractivity contribution in [2.45, 2.75) is 25.8 Å². The quantitative estimate of drug-likeness (QED) is 0.515. The van der Waals surface area contributed by atoms with E-state index in [9.17, 15) is 4.79 Å². The molecule has 0 N–H and O–H groups in total. The zero-order valence-corrected chi connectivity index (χ0v) is 8.23. The van der Waals surface area contributed by atoms with E-state index in [1.54, 1.807) is 6.08 Å². The highest BCUT2D eigenvalue weighted by Gasteiger charge is 2.25. The number of aliphatic imine (C=N–C) groups is 1. The Morgan fingerprint density at radius 1 is 1.36 bits per heavy atom. The van der Waals surface area contributed by atoms with Crippen LogP contribution in [0.2, 0.25) is 0 Å². The summed E-state index contributed by atoms with van der Waals surface area (Å²) in [5, 5.41) is 0. The minimum atomic E-state index is 0.0971. The lowest BCUT2D eigenvalue weighted by Crippen LogP contribution is -2.14. The lowest BCUT2D eigenvalue weighted by molar-refractivity contribution is 0.463. The van der Waals surface area contributed by atoms with Gasteiger partial charge in [-0.1, -0.05) is 24.3 Å². The third-order valence-corrected chi connectivity index (χ3v) is 3.02. The average molecular weight is 187 g/mol. The predicted octanol–water partition coefficient (Wildman–Crippen LogP) is 2.13. The summed E-state index contributed by atoms with van der Waals surface area (Å²) < 4.78 is 0. The van der Waals surface area contributed by atoms with Crippen molar-refractivity contribution in [2.24, 2.45) is 10.9 Å². The van der Waals surface area contributed by atoms with E-state index in [2.05, 4.69) is 29.3 Å². The first-order valence-electron chi connectivity index (χ1n) is 4.95. The number of hydrogen-bond acceptors (Lipinski definition) is 2. The van der Waals surface area contributed by atoms with Gasteiger partial charge in [0.25, 0.3) is 0 Å². The zero-order chi connectivity index (χ0) is 9.97. The van der Waals surface area contributed by atoms with Crippen LogP contribution in [0.3, 0.4) is 0 Å². The highest BCUT2D eigenvalue weighted by Crippen LogP contribution is 2.29. The number of fused-ring (bicyclic) bond motifs is 1. The van der Waals surface area contributed by atoms with Crippen molar-refractivity contribution in [1.29, 1.82) is 0 Å². The SMILES string of the molecule is CC(N=C=O)C1Cc2ccccc2C1. The fourth-order valence-corrected chi connectivity index (χ4v) is 2.12. The molecule has 1 aromatic carbocycles. The number of hydrogen-bond donors (Lipinski definition) is 0. The maximum absolute atomic E-state index is 10.2. The number of rotatable bonds is 2. The third kappa shape index (κ3) is 1.61. The van der Waals surface area contributed by atoms with Crippen molar-refractivity contribution in [1.82, 2.24) is 0 Å². The van der Waals surface area contributed by atoms with Gasteiger partial charge in [0.2, 0.25) is 6.08 Å². The molecule has 1 aliphatic carbocycles. The molecule has 0 aliphatic heterocycles. The van der Waals surface area contributed by atoms with Crippen LogP contribution in [0.15, 0.2) is 29.3 Å². The van der Waals surface area contributed by atoms with Gasteiger partial charge in [-0.25, -0.2) is 9.79 Å². The molecule has 0 heterocycles. The monoisotopic (exact) mass is 187 g/mol. The van der Waals surface area contributed by atoms with Gasteiger partial charge >= 0.3 is 0 Å². The predicted molar refractivity (Wildman–Crippen MR) is 54.9 cm³/mol. The Kier molecular flexibility index (Phi) is 2.47. The Hall–Kier alpha value is -1.40. The second-order valence-electron chi connectivity index (χ2n) is 3.90. The van der Waals surface area contributed by atoms with Gasteiger partial charge in [0, 0.05) is 0 Å². The summed E-state index contributed by atoms with van der Waals surface area (Å²) >= 11 is 0. The Labute approximate surface area is 83.7 Å². The maximum atomic E-state index is 10.2. The van der Waals surface area contributed by atoms with Gasteiger partial charge in [-0.05, 0) is 36.8 Å².